The molecule has 4 nitrogen and oxygen atoms in total. The van der Waals surface area contributed by atoms with Gasteiger partial charge in [-0.25, -0.2) is 4.98 Å². The van der Waals surface area contributed by atoms with E-state index in [1.165, 1.54) is 5.57 Å². The first-order valence-corrected chi connectivity index (χ1v) is 7.12. The van der Waals surface area contributed by atoms with Crippen LogP contribution >= 0.6 is 11.8 Å². The number of allylic oxidation sites excluding steroid dienone is 1. The maximum atomic E-state index is 5.73. The van der Waals surface area contributed by atoms with Crippen molar-refractivity contribution in [2.75, 3.05) is 16.8 Å². The fraction of sp³-hybridized carbons (Fsp3) is 0.143. The van der Waals surface area contributed by atoms with Gasteiger partial charge in [-0.15, -0.1) is 11.8 Å². The second-order valence-electron chi connectivity index (χ2n) is 4.30. The van der Waals surface area contributed by atoms with Gasteiger partial charge >= 0.3 is 0 Å². The van der Waals surface area contributed by atoms with E-state index in [1.807, 2.05) is 42.2 Å². The van der Waals surface area contributed by atoms with Gasteiger partial charge in [0.25, 0.3) is 0 Å². The minimum Gasteiger partial charge on any atom is -0.399 e. The predicted octanol–water partition coefficient (Wildman–Crippen LogP) is 3.28. The van der Waals surface area contributed by atoms with Crippen molar-refractivity contribution in [2.45, 2.75) is 6.42 Å². The van der Waals surface area contributed by atoms with Gasteiger partial charge < -0.3 is 11.1 Å². The van der Waals surface area contributed by atoms with Crippen molar-refractivity contribution in [3.8, 4) is 0 Å². The first-order chi connectivity index (χ1) is 9.31. The van der Waals surface area contributed by atoms with Crippen molar-refractivity contribution < 1.29 is 0 Å². The molecule has 0 radical (unpaired) electrons. The van der Waals surface area contributed by atoms with Crippen molar-refractivity contribution in [3.63, 3.8) is 0 Å². The first kappa shape index (κ1) is 12.0. The van der Waals surface area contributed by atoms with Gasteiger partial charge in [0, 0.05) is 17.1 Å². The molecular weight excluding hydrogens is 256 g/mol. The van der Waals surface area contributed by atoms with E-state index in [-0.39, 0.29) is 0 Å². The Balaban J connectivity index is 1.75. The summed E-state index contributed by atoms with van der Waals surface area (Å²) in [4.78, 5) is 8.83. The van der Waals surface area contributed by atoms with Gasteiger partial charge in [-0.05, 0) is 35.6 Å². The second-order valence-corrected chi connectivity index (χ2v) is 5.28. The molecule has 0 fully saturated rings. The molecule has 0 bridgehead atoms. The Bertz CT molecular complexity index is 607. The van der Waals surface area contributed by atoms with Gasteiger partial charge in [0.15, 0.2) is 0 Å². The molecular formula is C14H14N4S. The highest BCUT2D eigenvalue weighted by atomic mass is 32.2. The third-order valence-electron chi connectivity index (χ3n) is 2.85. The molecule has 1 aromatic carbocycles. The Kier molecular flexibility index (Phi) is 3.37. The molecule has 0 saturated heterocycles. The van der Waals surface area contributed by atoms with E-state index in [0.29, 0.717) is 0 Å². The number of thioether (sulfide) groups is 1. The molecule has 0 unspecified atom stereocenters. The third kappa shape index (κ3) is 2.88. The van der Waals surface area contributed by atoms with Gasteiger partial charge in [0.1, 0.15) is 5.82 Å². The summed E-state index contributed by atoms with van der Waals surface area (Å²) in [5, 5.41) is 5.35. The topological polar surface area (TPSA) is 63.8 Å². The zero-order valence-electron chi connectivity index (χ0n) is 10.3. The monoisotopic (exact) mass is 270 g/mol. The van der Waals surface area contributed by atoms with Gasteiger partial charge in [0.2, 0.25) is 0 Å². The first-order valence-electron chi connectivity index (χ1n) is 6.07. The minimum atomic E-state index is 0.723. The van der Waals surface area contributed by atoms with Crippen molar-refractivity contribution >= 4 is 34.5 Å². The number of anilines is 3. The predicted molar refractivity (Wildman–Crippen MR) is 81.2 cm³/mol. The molecule has 3 rings (SSSR count). The average molecular weight is 270 g/mol. The van der Waals surface area contributed by atoms with Crippen LogP contribution in [0.1, 0.15) is 12.1 Å². The zero-order chi connectivity index (χ0) is 13.1. The largest absolute Gasteiger partial charge is 0.399 e. The Morgan fingerprint density at radius 1 is 1.21 bits per heavy atom. The lowest BCUT2D eigenvalue weighted by molar-refractivity contribution is 1.14. The Labute approximate surface area is 116 Å². The number of nitrogens with zero attached hydrogens (tertiary/aromatic N) is 2. The van der Waals surface area contributed by atoms with E-state index < -0.39 is 0 Å². The van der Waals surface area contributed by atoms with Crippen LogP contribution in [-0.2, 0) is 0 Å². The lowest BCUT2D eigenvalue weighted by Crippen LogP contribution is -1.97. The van der Waals surface area contributed by atoms with Gasteiger partial charge in [-0.2, -0.15) is 0 Å². The van der Waals surface area contributed by atoms with Crippen LogP contribution in [0.25, 0.3) is 5.57 Å². The van der Waals surface area contributed by atoms with Crippen LogP contribution in [0.4, 0.5) is 17.2 Å². The molecule has 19 heavy (non-hydrogen) atoms. The van der Waals surface area contributed by atoms with Crippen LogP contribution in [0, 0.1) is 0 Å². The molecule has 0 atom stereocenters. The molecule has 1 aromatic heterocycles. The number of rotatable bonds is 3. The van der Waals surface area contributed by atoms with Crippen LogP contribution in [0.2, 0.25) is 0 Å². The number of hydrogen-bond acceptors (Lipinski definition) is 5. The molecule has 2 heterocycles. The quantitative estimate of drug-likeness (QED) is 0.838. The number of nitrogen functional groups attached to an aromatic ring is 1. The molecule has 5 heteroatoms. The normalized spacial score (nSPS) is 14.2. The van der Waals surface area contributed by atoms with E-state index in [1.54, 1.807) is 6.20 Å². The van der Waals surface area contributed by atoms with Crippen molar-refractivity contribution in [3.05, 3.63) is 47.8 Å². The summed E-state index contributed by atoms with van der Waals surface area (Å²) >= 11 is 1.83. The van der Waals surface area contributed by atoms with Gasteiger partial charge in [-0.1, -0.05) is 6.07 Å². The third-order valence-corrected chi connectivity index (χ3v) is 3.75. The Hall–Kier alpha value is -2.01. The summed E-state index contributed by atoms with van der Waals surface area (Å²) in [7, 11) is 0. The highest BCUT2D eigenvalue weighted by Gasteiger charge is 2.09. The molecule has 0 spiro atoms. The zero-order valence-corrected chi connectivity index (χ0v) is 11.2. The molecule has 3 N–H and O–H groups in total. The Morgan fingerprint density at radius 3 is 2.84 bits per heavy atom. The van der Waals surface area contributed by atoms with Crippen LogP contribution in [0.3, 0.4) is 0 Å². The van der Waals surface area contributed by atoms with Crippen LogP contribution in [0.15, 0.2) is 42.1 Å². The average Bonchev–Trinajstić information content (AvgIpc) is 2.94. The smallest absolute Gasteiger partial charge is 0.148 e. The maximum Gasteiger partial charge on any atom is 0.148 e. The minimum absolute atomic E-state index is 0.723. The maximum absolute atomic E-state index is 5.73. The molecule has 0 amide bonds. The summed E-state index contributed by atoms with van der Waals surface area (Å²) in [5.74, 6) is 1.86. The Morgan fingerprint density at radius 2 is 2.16 bits per heavy atom. The van der Waals surface area contributed by atoms with Crippen LogP contribution in [0.5, 0.6) is 0 Å². The number of aromatic nitrogens is 2. The summed E-state index contributed by atoms with van der Waals surface area (Å²) in [6.07, 6.45) is 4.63. The molecule has 2 aromatic rings. The van der Waals surface area contributed by atoms with Gasteiger partial charge in [0.05, 0.1) is 18.1 Å². The fourth-order valence-corrected chi connectivity index (χ4v) is 2.79. The van der Waals surface area contributed by atoms with Crippen molar-refractivity contribution in [1.29, 1.82) is 0 Å². The van der Waals surface area contributed by atoms with Crippen molar-refractivity contribution in [2.24, 2.45) is 0 Å². The summed E-state index contributed by atoms with van der Waals surface area (Å²) in [6.45, 7) is 0. The highest BCUT2D eigenvalue weighted by Crippen LogP contribution is 2.28. The van der Waals surface area contributed by atoms with E-state index in [9.17, 15) is 0 Å². The standard InChI is InChI=1S/C14H14N4S/c15-11-2-1-3-12(6-11)18-14-8-16-13(7-17-14)10-4-5-19-9-10/h1-3,6-9H,4-5,15H2,(H,17,18). The van der Waals surface area contributed by atoms with Gasteiger partial charge in [-0.3, -0.25) is 4.98 Å². The molecule has 0 aliphatic carbocycles. The fourth-order valence-electron chi connectivity index (χ4n) is 1.90. The lowest BCUT2D eigenvalue weighted by Gasteiger charge is -2.06. The van der Waals surface area contributed by atoms with Crippen LogP contribution < -0.4 is 11.1 Å². The van der Waals surface area contributed by atoms with E-state index in [0.717, 1.165) is 35.1 Å². The van der Waals surface area contributed by atoms with E-state index in [2.05, 4.69) is 20.7 Å². The number of nitrogens with two attached hydrogens (primary N) is 1. The second kappa shape index (κ2) is 5.32. The SMILES string of the molecule is Nc1cccc(Nc2cnc(C3=CSCC3)cn2)c1. The number of benzene rings is 1. The van der Waals surface area contributed by atoms with Crippen molar-refractivity contribution in [1.82, 2.24) is 9.97 Å². The number of nitrogens with one attached hydrogen (secondary N) is 1. The highest BCUT2D eigenvalue weighted by molar-refractivity contribution is 8.02. The summed E-state index contributed by atoms with van der Waals surface area (Å²) < 4.78 is 0. The number of hydrogen-bond donors (Lipinski definition) is 2. The summed E-state index contributed by atoms with van der Waals surface area (Å²) in [5.41, 5.74) is 9.61. The molecule has 0 saturated carbocycles. The van der Waals surface area contributed by atoms with Crippen LogP contribution in [-0.4, -0.2) is 15.7 Å². The lowest BCUT2D eigenvalue weighted by atomic mass is 10.2. The van der Waals surface area contributed by atoms with E-state index >= 15 is 0 Å². The molecule has 96 valence electrons. The summed E-state index contributed by atoms with van der Waals surface area (Å²) in [6, 6.07) is 7.57. The van der Waals surface area contributed by atoms with E-state index in [4.69, 9.17) is 5.73 Å². The molecule has 1 aliphatic rings. The molecule has 1 aliphatic heterocycles.